The second-order valence-electron chi connectivity index (χ2n) is 11.9. The summed E-state index contributed by atoms with van der Waals surface area (Å²) in [6.45, 7) is 16.8. The van der Waals surface area contributed by atoms with Gasteiger partial charge in [-0.1, -0.05) is 18.2 Å². The maximum absolute atomic E-state index is 13.7. The Labute approximate surface area is 271 Å². The Morgan fingerprint density at radius 3 is 2.24 bits per heavy atom. The number of halogens is 3. The molecular formula is C33H34F3N5O4S. The molecule has 9 nitrogen and oxygen atoms in total. The number of carbonyl (C=O) groups is 1. The van der Waals surface area contributed by atoms with Crippen molar-refractivity contribution < 1.29 is 32.2 Å². The van der Waals surface area contributed by atoms with Crippen molar-refractivity contribution in [3.63, 3.8) is 0 Å². The highest BCUT2D eigenvalue weighted by Crippen LogP contribution is 2.42. The molecule has 1 aliphatic rings. The smallest absolute Gasteiger partial charge is 0.407 e. The van der Waals surface area contributed by atoms with Gasteiger partial charge in [0.25, 0.3) is 0 Å². The number of amidine groups is 1. The van der Waals surface area contributed by atoms with Crippen LogP contribution in [0.25, 0.3) is 16.0 Å². The summed E-state index contributed by atoms with van der Waals surface area (Å²) < 4.78 is 57.3. The number of anilines is 2. The summed E-state index contributed by atoms with van der Waals surface area (Å²) in [4.78, 5) is 22.1. The molecule has 0 atom stereocenters. The molecule has 0 amide bonds. The lowest BCUT2D eigenvalue weighted by molar-refractivity contribution is -0.156. The van der Waals surface area contributed by atoms with Gasteiger partial charge in [-0.05, 0) is 82.7 Å². The van der Waals surface area contributed by atoms with Gasteiger partial charge in [0.05, 0.1) is 37.3 Å². The third-order valence-corrected chi connectivity index (χ3v) is 7.32. The summed E-state index contributed by atoms with van der Waals surface area (Å²) in [5, 5.41) is 8.96. The number of ether oxygens (including phenoxy) is 3. The minimum absolute atomic E-state index is 0.00140. The molecule has 0 bridgehead atoms. The van der Waals surface area contributed by atoms with Crippen molar-refractivity contribution in [2.24, 2.45) is 0 Å². The van der Waals surface area contributed by atoms with Crippen LogP contribution < -0.4 is 14.5 Å². The van der Waals surface area contributed by atoms with Gasteiger partial charge in [0.1, 0.15) is 18.0 Å². The van der Waals surface area contributed by atoms with Crippen LogP contribution in [0.2, 0.25) is 0 Å². The molecule has 46 heavy (non-hydrogen) atoms. The third kappa shape index (κ3) is 7.81. The molecule has 0 radical (unpaired) electrons. The van der Waals surface area contributed by atoms with E-state index in [1.165, 1.54) is 11.0 Å². The van der Waals surface area contributed by atoms with Crippen molar-refractivity contribution in [3.8, 4) is 17.0 Å². The maximum atomic E-state index is 13.7. The van der Waals surface area contributed by atoms with Crippen molar-refractivity contribution >= 4 is 46.2 Å². The van der Waals surface area contributed by atoms with Crippen LogP contribution in [0.15, 0.2) is 60.8 Å². The Kier molecular flexibility index (Phi) is 10.0. The molecule has 2 heterocycles. The van der Waals surface area contributed by atoms with Gasteiger partial charge >= 0.3 is 12.1 Å². The highest BCUT2D eigenvalue weighted by atomic mass is 32.1. The minimum atomic E-state index is -4.73. The van der Waals surface area contributed by atoms with Crippen LogP contribution in [0.1, 0.15) is 46.6 Å². The Balaban J connectivity index is 1.39. The van der Waals surface area contributed by atoms with E-state index in [1.54, 1.807) is 31.0 Å². The number of nitrogens with zero attached hydrogens (tertiary/aromatic N) is 4. The normalized spacial score (nSPS) is 14.8. The summed E-state index contributed by atoms with van der Waals surface area (Å²) in [5.41, 5.74) is -0.718. The summed E-state index contributed by atoms with van der Waals surface area (Å²) in [5.74, 6) is 0.0920. The van der Waals surface area contributed by atoms with Crippen LogP contribution in [0.3, 0.4) is 0 Å². The molecule has 1 aliphatic heterocycles. The maximum Gasteiger partial charge on any atom is 0.407 e. The second-order valence-corrected chi connectivity index (χ2v) is 12.3. The highest BCUT2D eigenvalue weighted by molar-refractivity contribution is 7.81. The largest absolute Gasteiger partial charge is 0.475 e. The van der Waals surface area contributed by atoms with E-state index < -0.39 is 28.6 Å². The fourth-order valence-electron chi connectivity index (χ4n) is 4.77. The van der Waals surface area contributed by atoms with Crippen molar-refractivity contribution in [3.05, 3.63) is 77.8 Å². The second kappa shape index (κ2) is 13.4. The third-order valence-electron chi connectivity index (χ3n) is 6.95. The van der Waals surface area contributed by atoms with E-state index in [1.807, 2.05) is 51.1 Å². The number of aromatic nitrogens is 1. The van der Waals surface area contributed by atoms with Crippen LogP contribution in [0.5, 0.6) is 5.88 Å². The number of thiocarbonyl (C=S) groups is 1. The molecule has 13 heteroatoms. The molecule has 2 aromatic carbocycles. The first-order valence-electron chi connectivity index (χ1n) is 14.3. The van der Waals surface area contributed by atoms with Crippen molar-refractivity contribution in [2.45, 2.75) is 58.4 Å². The monoisotopic (exact) mass is 653 g/mol. The number of alkyl halides is 3. The topological polar surface area (TPSA) is 92.3 Å². The van der Waals surface area contributed by atoms with Gasteiger partial charge < -0.3 is 19.1 Å². The molecule has 1 fully saturated rings. The molecule has 242 valence electrons. The molecule has 1 N–H and O–H groups in total. The first-order valence-corrected chi connectivity index (χ1v) is 14.7. The van der Waals surface area contributed by atoms with Crippen LogP contribution in [0, 0.1) is 12.0 Å². The first kappa shape index (κ1) is 34.3. The molecule has 1 aromatic heterocycles. The summed E-state index contributed by atoms with van der Waals surface area (Å²) >= 11 is 5.69. The number of carbonyl (C=O) groups excluding carboxylic acids is 1. The fourth-order valence-corrected chi connectivity index (χ4v) is 5.30. The predicted octanol–water partition coefficient (Wildman–Crippen LogP) is 7.81. The first-order chi connectivity index (χ1) is 21.5. The summed E-state index contributed by atoms with van der Waals surface area (Å²) in [6, 6.07) is 14.3. The molecule has 0 spiro atoms. The van der Waals surface area contributed by atoms with Gasteiger partial charge in [0.15, 0.2) is 10.8 Å². The number of pyridine rings is 1. The Morgan fingerprint density at radius 1 is 1.00 bits per heavy atom. The number of esters is 1. The molecule has 0 aliphatic carbocycles. The number of hydrogen-bond donors (Lipinski definition) is 1. The zero-order chi connectivity index (χ0) is 33.9. The number of hydrogen-bond acceptors (Lipinski definition) is 7. The lowest BCUT2D eigenvalue weighted by Gasteiger charge is -2.30. The molecular weight excluding hydrogens is 619 g/mol. The lowest BCUT2D eigenvalue weighted by atomic mass is 10.0. The fraction of sp³-hybridized carbons (Fsp3) is 0.364. The van der Waals surface area contributed by atoms with E-state index in [9.17, 15) is 18.0 Å². The average molecular weight is 654 g/mol. The van der Waals surface area contributed by atoms with E-state index in [4.69, 9.17) is 38.4 Å². The molecule has 1 saturated heterocycles. The zero-order valence-electron chi connectivity index (χ0n) is 26.1. The van der Waals surface area contributed by atoms with Crippen LogP contribution >= 0.6 is 12.2 Å². The van der Waals surface area contributed by atoms with E-state index in [-0.39, 0.29) is 48.8 Å². The van der Waals surface area contributed by atoms with Crippen LogP contribution in [0.4, 0.5) is 30.2 Å². The van der Waals surface area contributed by atoms with Crippen molar-refractivity contribution in [1.29, 1.82) is 5.41 Å². The van der Waals surface area contributed by atoms with Gasteiger partial charge in [-0.3, -0.25) is 15.1 Å². The van der Waals surface area contributed by atoms with Gasteiger partial charge in [-0.15, -0.1) is 0 Å². The lowest BCUT2D eigenvalue weighted by Crippen LogP contribution is -2.44. The van der Waals surface area contributed by atoms with Gasteiger partial charge in [-0.2, -0.15) is 13.2 Å². The quantitative estimate of drug-likeness (QED) is 0.103. The summed E-state index contributed by atoms with van der Waals surface area (Å²) in [6.07, 6.45) is -2.91. The molecule has 3 aromatic rings. The Morgan fingerprint density at radius 2 is 1.65 bits per heavy atom. The highest BCUT2D eigenvalue weighted by Gasteiger charge is 2.48. The van der Waals surface area contributed by atoms with Gasteiger partial charge in [0, 0.05) is 29.2 Å². The predicted molar refractivity (Wildman–Crippen MR) is 174 cm³/mol. The minimum Gasteiger partial charge on any atom is -0.475 e. The standard InChI is InChI=1S/C33H34F3N5O4S/c1-31(2,3)45-28(42)15-16-43-17-18-44-27-14-9-22(20-39-27)21-7-10-23(11-8-21)41-30(46)40(29(37)32(41,4)5)24-12-13-26(38-6)25(19-24)33(34,35)36/h7-14,19-20,37H,15-18H2,1-5H3. The van der Waals surface area contributed by atoms with Crippen LogP contribution in [-0.2, 0) is 20.4 Å². The van der Waals surface area contributed by atoms with Crippen molar-refractivity contribution in [2.75, 3.05) is 29.6 Å². The number of benzene rings is 2. The van der Waals surface area contributed by atoms with Crippen LogP contribution in [-0.4, -0.2) is 52.9 Å². The van der Waals surface area contributed by atoms with Gasteiger partial charge in [-0.25, -0.2) is 9.83 Å². The summed E-state index contributed by atoms with van der Waals surface area (Å²) in [7, 11) is 0. The molecule has 0 saturated carbocycles. The SMILES string of the molecule is [C-]#[N+]c1ccc(N2C(=N)C(C)(C)N(c3ccc(-c4ccc(OCCOCCC(=O)OC(C)(C)C)nc4)cc3)C2=S)cc1C(F)(F)F. The number of rotatable bonds is 10. The van der Waals surface area contributed by atoms with E-state index in [0.717, 1.165) is 23.3 Å². The van der Waals surface area contributed by atoms with E-state index in [2.05, 4.69) is 9.83 Å². The molecule has 4 rings (SSSR count). The van der Waals surface area contributed by atoms with Gasteiger partial charge in [0.2, 0.25) is 5.88 Å². The van der Waals surface area contributed by atoms with E-state index >= 15 is 0 Å². The Bertz CT molecular complexity index is 1650. The van der Waals surface area contributed by atoms with E-state index in [0.29, 0.717) is 11.6 Å². The zero-order valence-corrected chi connectivity index (χ0v) is 26.9. The average Bonchev–Trinajstić information content (AvgIpc) is 3.16. The van der Waals surface area contributed by atoms with Crippen molar-refractivity contribution in [1.82, 2.24) is 4.98 Å². The molecule has 0 unspecified atom stereocenters. The Hall–Kier alpha value is -4.54. The number of nitrogens with one attached hydrogen (secondary N) is 1.